The summed E-state index contributed by atoms with van der Waals surface area (Å²) in [6.45, 7) is 2.19. The normalized spacial score (nSPS) is 11.0. The maximum atomic E-state index is 6.22. The van der Waals surface area contributed by atoms with Crippen LogP contribution in [0.1, 0.15) is 12.5 Å². The van der Waals surface area contributed by atoms with Crippen molar-refractivity contribution in [2.24, 2.45) is 0 Å². The third kappa shape index (κ3) is 2.91. The van der Waals surface area contributed by atoms with Crippen molar-refractivity contribution in [1.29, 1.82) is 0 Å². The standard InChI is InChI=1S/C22H18OSe/c1-2-16-12-14-18(15-13-16)24-22-19-10-6-7-11-20(19)23-21(22)17-8-4-3-5-9-17/h3-15H,2H2,1H3. The Balaban J connectivity index is 1.83. The summed E-state index contributed by atoms with van der Waals surface area (Å²) in [5, 5.41) is 1.23. The first-order valence-corrected chi connectivity index (χ1v) is 9.90. The molecular weight excluding hydrogens is 359 g/mol. The number of hydrogen-bond acceptors (Lipinski definition) is 1. The van der Waals surface area contributed by atoms with Crippen molar-refractivity contribution in [2.45, 2.75) is 13.3 Å². The SMILES string of the molecule is CCc1ccc([Se]c2c(-c3ccccc3)oc3ccccc23)cc1. The van der Waals surface area contributed by atoms with E-state index < -0.39 is 0 Å². The Kier molecular flexibility index (Phi) is 4.25. The van der Waals surface area contributed by atoms with Crippen LogP contribution in [0.2, 0.25) is 0 Å². The number of hydrogen-bond donors (Lipinski definition) is 0. The van der Waals surface area contributed by atoms with Crippen molar-refractivity contribution in [1.82, 2.24) is 0 Å². The molecule has 1 nitrogen and oxygen atoms in total. The molecule has 0 saturated carbocycles. The monoisotopic (exact) mass is 378 g/mol. The van der Waals surface area contributed by atoms with E-state index in [1.807, 2.05) is 12.1 Å². The third-order valence-electron chi connectivity index (χ3n) is 4.14. The van der Waals surface area contributed by atoms with Crippen molar-refractivity contribution in [2.75, 3.05) is 0 Å². The van der Waals surface area contributed by atoms with Crippen molar-refractivity contribution in [3.8, 4) is 11.3 Å². The Morgan fingerprint density at radius 2 is 1.50 bits per heavy atom. The number of benzene rings is 3. The average molecular weight is 377 g/mol. The second-order valence-corrected chi connectivity index (χ2v) is 8.00. The Hall–Kier alpha value is -2.28. The Morgan fingerprint density at radius 3 is 2.25 bits per heavy atom. The van der Waals surface area contributed by atoms with E-state index in [4.69, 9.17) is 4.42 Å². The fraction of sp³-hybridized carbons (Fsp3) is 0.0909. The van der Waals surface area contributed by atoms with Crippen LogP contribution in [-0.4, -0.2) is 15.0 Å². The molecule has 0 amide bonds. The average Bonchev–Trinajstić information content (AvgIpc) is 3.02. The quantitative estimate of drug-likeness (QED) is 0.483. The number of furan rings is 1. The molecule has 0 fully saturated rings. The number of rotatable bonds is 4. The molecule has 0 aliphatic rings. The van der Waals surface area contributed by atoms with Crippen LogP contribution in [0.3, 0.4) is 0 Å². The fourth-order valence-electron chi connectivity index (χ4n) is 2.81. The van der Waals surface area contributed by atoms with E-state index >= 15 is 0 Å². The molecule has 4 rings (SSSR count). The molecule has 1 heterocycles. The van der Waals surface area contributed by atoms with E-state index in [0.29, 0.717) is 0 Å². The predicted molar refractivity (Wildman–Crippen MR) is 102 cm³/mol. The van der Waals surface area contributed by atoms with Crippen LogP contribution >= 0.6 is 0 Å². The molecule has 0 radical (unpaired) electrons. The van der Waals surface area contributed by atoms with E-state index in [9.17, 15) is 0 Å². The van der Waals surface area contributed by atoms with Crippen molar-refractivity contribution in [3.63, 3.8) is 0 Å². The molecule has 0 aliphatic heterocycles. The third-order valence-corrected chi connectivity index (χ3v) is 6.48. The minimum absolute atomic E-state index is 0.212. The van der Waals surface area contributed by atoms with E-state index in [-0.39, 0.29) is 15.0 Å². The van der Waals surface area contributed by atoms with E-state index in [1.165, 1.54) is 19.9 Å². The van der Waals surface area contributed by atoms with Gasteiger partial charge in [-0.15, -0.1) is 0 Å². The van der Waals surface area contributed by atoms with Gasteiger partial charge in [0.05, 0.1) is 0 Å². The zero-order valence-electron chi connectivity index (χ0n) is 13.5. The van der Waals surface area contributed by atoms with Crippen molar-refractivity contribution >= 4 is 34.8 Å². The molecule has 0 spiro atoms. The molecule has 3 aromatic carbocycles. The molecular formula is C22H18OSe. The first-order chi connectivity index (χ1) is 11.8. The summed E-state index contributed by atoms with van der Waals surface area (Å²) in [5.74, 6) is 1.01. The van der Waals surface area contributed by atoms with Gasteiger partial charge in [-0.3, -0.25) is 0 Å². The molecule has 0 unspecified atom stereocenters. The molecule has 24 heavy (non-hydrogen) atoms. The molecule has 1 aromatic heterocycles. The first-order valence-electron chi connectivity index (χ1n) is 8.19. The van der Waals surface area contributed by atoms with Gasteiger partial charge in [-0.1, -0.05) is 0 Å². The molecule has 118 valence electrons. The molecule has 0 aliphatic carbocycles. The van der Waals surface area contributed by atoms with Gasteiger partial charge in [0.15, 0.2) is 0 Å². The van der Waals surface area contributed by atoms with Crippen LogP contribution in [-0.2, 0) is 6.42 Å². The Bertz CT molecular complexity index is 952. The molecule has 4 aromatic rings. The molecule has 0 bridgehead atoms. The van der Waals surface area contributed by atoms with Crippen molar-refractivity contribution < 1.29 is 4.42 Å². The van der Waals surface area contributed by atoms with Crippen LogP contribution in [0.4, 0.5) is 0 Å². The molecule has 0 atom stereocenters. The van der Waals surface area contributed by atoms with Gasteiger partial charge in [-0.25, -0.2) is 0 Å². The van der Waals surface area contributed by atoms with E-state index in [0.717, 1.165) is 23.3 Å². The second kappa shape index (κ2) is 6.68. The summed E-state index contributed by atoms with van der Waals surface area (Å²) in [4.78, 5) is 0. The fourth-order valence-corrected chi connectivity index (χ4v) is 4.99. The predicted octanol–water partition coefficient (Wildman–Crippen LogP) is 4.32. The molecule has 0 N–H and O–H groups in total. The van der Waals surface area contributed by atoms with E-state index in [2.05, 4.69) is 73.7 Å². The zero-order chi connectivity index (χ0) is 16.4. The van der Waals surface area contributed by atoms with Crippen LogP contribution in [0, 0.1) is 0 Å². The van der Waals surface area contributed by atoms with Gasteiger partial charge >= 0.3 is 148 Å². The van der Waals surface area contributed by atoms with E-state index in [1.54, 1.807) is 0 Å². The topological polar surface area (TPSA) is 13.1 Å². The van der Waals surface area contributed by atoms with Gasteiger partial charge in [-0.2, -0.15) is 0 Å². The summed E-state index contributed by atoms with van der Waals surface area (Å²) in [5.41, 5.74) is 3.50. The first kappa shape index (κ1) is 15.3. The van der Waals surface area contributed by atoms with Gasteiger partial charge in [-0.05, 0) is 0 Å². The van der Waals surface area contributed by atoms with Gasteiger partial charge < -0.3 is 0 Å². The zero-order valence-corrected chi connectivity index (χ0v) is 15.2. The van der Waals surface area contributed by atoms with Gasteiger partial charge in [0.25, 0.3) is 0 Å². The summed E-state index contributed by atoms with van der Waals surface area (Å²) < 4.78 is 8.92. The summed E-state index contributed by atoms with van der Waals surface area (Å²) in [6, 6.07) is 27.8. The van der Waals surface area contributed by atoms with Gasteiger partial charge in [0, 0.05) is 0 Å². The number of fused-ring (bicyclic) bond motifs is 1. The summed E-state index contributed by atoms with van der Waals surface area (Å²) in [7, 11) is 0. The Morgan fingerprint density at radius 1 is 0.792 bits per heavy atom. The minimum atomic E-state index is 0.212. The molecule has 0 saturated heterocycles. The van der Waals surface area contributed by atoms with Crippen molar-refractivity contribution in [3.05, 3.63) is 84.4 Å². The van der Waals surface area contributed by atoms with Gasteiger partial charge in [0.2, 0.25) is 0 Å². The van der Waals surface area contributed by atoms with Crippen LogP contribution < -0.4 is 8.92 Å². The second-order valence-electron chi connectivity index (χ2n) is 5.72. The summed E-state index contributed by atoms with van der Waals surface area (Å²) >= 11 is 0.212. The van der Waals surface area contributed by atoms with Crippen LogP contribution in [0.5, 0.6) is 0 Å². The van der Waals surface area contributed by atoms with Crippen LogP contribution in [0.15, 0.2) is 83.3 Å². The van der Waals surface area contributed by atoms with Crippen LogP contribution in [0.25, 0.3) is 22.3 Å². The van der Waals surface area contributed by atoms with Gasteiger partial charge in [0.1, 0.15) is 0 Å². The number of aryl methyl sites for hydroxylation is 1. The number of para-hydroxylation sites is 1. The maximum absolute atomic E-state index is 6.22. The molecule has 2 heteroatoms. The Labute approximate surface area is 148 Å². The summed E-state index contributed by atoms with van der Waals surface area (Å²) in [6.07, 6.45) is 1.08.